The molecule has 3 N–H and O–H groups in total. The smallest absolute Gasteiger partial charge is 0.228 e. The van der Waals surface area contributed by atoms with Crippen molar-refractivity contribution in [1.82, 2.24) is 30.6 Å². The molecule has 0 bridgehead atoms. The van der Waals surface area contributed by atoms with Gasteiger partial charge in [-0.05, 0) is 133 Å². The lowest BCUT2D eigenvalue weighted by Gasteiger charge is -2.28. The van der Waals surface area contributed by atoms with Crippen molar-refractivity contribution in [2.24, 2.45) is 5.73 Å². The molecule has 0 spiro atoms. The molecule has 324 valence electrons. The number of hydrogen-bond donors (Lipinski definition) is 2. The third-order valence-corrected chi connectivity index (χ3v) is 12.9. The van der Waals surface area contributed by atoms with E-state index in [1.807, 2.05) is 95.2 Å². The van der Waals surface area contributed by atoms with Crippen LogP contribution in [-0.4, -0.2) is 64.0 Å². The van der Waals surface area contributed by atoms with E-state index in [-0.39, 0.29) is 30.2 Å². The van der Waals surface area contributed by atoms with Crippen LogP contribution in [0.1, 0.15) is 99.7 Å². The number of ether oxygens (including phenoxy) is 2. The minimum absolute atomic E-state index is 0.000308. The highest BCUT2D eigenvalue weighted by atomic mass is 32.1. The van der Waals surface area contributed by atoms with Gasteiger partial charge in [0.2, 0.25) is 11.6 Å². The molecule has 12 nitrogen and oxygen atoms in total. The first kappa shape index (κ1) is 45.0. The Kier molecular flexibility index (Phi) is 14.6. The van der Waals surface area contributed by atoms with Crippen LogP contribution in [0.25, 0.3) is 47.1 Å². The molecule has 0 aliphatic heterocycles. The van der Waals surface area contributed by atoms with E-state index in [0.29, 0.717) is 29.2 Å². The number of nitrogens with two attached hydrogens (primary N) is 1. The summed E-state index contributed by atoms with van der Waals surface area (Å²) in [5.74, 6) is 1.26. The van der Waals surface area contributed by atoms with Gasteiger partial charge in [0.25, 0.3) is 0 Å². The van der Waals surface area contributed by atoms with Crippen molar-refractivity contribution >= 4 is 34.3 Å². The van der Waals surface area contributed by atoms with Crippen LogP contribution >= 0.6 is 22.7 Å². The summed E-state index contributed by atoms with van der Waals surface area (Å²) in [5, 5.41) is 33.8. The van der Waals surface area contributed by atoms with Crippen molar-refractivity contribution in [3.63, 3.8) is 0 Å². The van der Waals surface area contributed by atoms with Crippen LogP contribution < -0.4 is 20.5 Å². The fourth-order valence-electron chi connectivity index (χ4n) is 7.97. The normalized spacial score (nSPS) is 15.4. The van der Waals surface area contributed by atoms with Gasteiger partial charge in [0.05, 0.1) is 30.4 Å². The number of carbonyl (C=O) groups excluding carboxylic acids is 1. The zero-order chi connectivity index (χ0) is 44.6. The highest BCUT2D eigenvalue weighted by Crippen LogP contribution is 2.41. The Morgan fingerprint density at radius 3 is 1.98 bits per heavy atom. The van der Waals surface area contributed by atoms with Crippen molar-refractivity contribution in [3.05, 3.63) is 112 Å². The van der Waals surface area contributed by atoms with E-state index in [1.165, 1.54) is 44.9 Å². The van der Waals surface area contributed by atoms with Gasteiger partial charge in [-0.3, -0.25) is 4.79 Å². The fourth-order valence-corrected chi connectivity index (χ4v) is 9.76. The maximum Gasteiger partial charge on any atom is 0.228 e. The topological polar surface area (TPSA) is 157 Å². The monoisotopic (exact) mass is 879 g/mol. The van der Waals surface area contributed by atoms with Gasteiger partial charge in [-0.1, -0.05) is 65.1 Å². The highest BCUT2D eigenvalue weighted by Gasteiger charge is 2.26. The number of fused-ring (bicyclic) bond motifs is 2. The van der Waals surface area contributed by atoms with E-state index >= 15 is 0 Å². The average Bonchev–Trinajstić information content (AvgIpc) is 3.97. The van der Waals surface area contributed by atoms with Crippen LogP contribution in [0.15, 0.2) is 72.8 Å². The minimum atomic E-state index is 0.000308. The van der Waals surface area contributed by atoms with Gasteiger partial charge in [-0.2, -0.15) is 5.26 Å². The number of carbonyl (C=O) groups is 1. The third kappa shape index (κ3) is 10.8. The van der Waals surface area contributed by atoms with Gasteiger partial charge in [0.15, 0.2) is 0 Å². The lowest BCUT2D eigenvalue weighted by molar-refractivity contribution is -0.122. The van der Waals surface area contributed by atoms with E-state index in [4.69, 9.17) is 21.8 Å². The van der Waals surface area contributed by atoms with E-state index in [1.54, 1.807) is 0 Å². The fraction of sp³-hybridized carbons (Fsp3) is 0.367. The highest BCUT2D eigenvalue weighted by molar-refractivity contribution is 7.18. The molecule has 0 saturated heterocycles. The van der Waals surface area contributed by atoms with E-state index in [9.17, 15) is 10.1 Å². The van der Waals surface area contributed by atoms with Gasteiger partial charge in [0.1, 0.15) is 37.6 Å². The van der Waals surface area contributed by atoms with Gasteiger partial charge in [-0.25, -0.2) is 4.85 Å². The molecule has 6 aromatic rings. The Morgan fingerprint density at radius 1 is 0.825 bits per heavy atom. The van der Waals surface area contributed by atoms with Crippen LogP contribution in [0.3, 0.4) is 0 Å². The molecular weight excluding hydrogens is 827 g/mol. The summed E-state index contributed by atoms with van der Waals surface area (Å²) in [6, 6.07) is 26.0. The first-order valence-corrected chi connectivity index (χ1v) is 23.1. The Hall–Kier alpha value is -6.03. The second-order valence-corrected chi connectivity index (χ2v) is 18.5. The zero-order valence-electron chi connectivity index (χ0n) is 36.6. The second-order valence-electron chi connectivity index (χ2n) is 16.6. The second kappa shape index (κ2) is 20.4. The summed E-state index contributed by atoms with van der Waals surface area (Å²) in [6.07, 6.45) is 6.56. The molecule has 1 amide bonds. The Balaban J connectivity index is 0.000000193. The first-order chi connectivity index (χ1) is 30.4. The van der Waals surface area contributed by atoms with Crippen molar-refractivity contribution in [2.45, 2.75) is 96.9 Å². The quantitative estimate of drug-likeness (QED) is 0.113. The number of nitriles is 1. The average molecular weight is 880 g/mol. The number of benzene rings is 4. The lowest BCUT2D eigenvalue weighted by atomic mass is 9.85. The molecule has 2 heterocycles. The Bertz CT molecular complexity index is 2660. The molecule has 14 heteroatoms. The van der Waals surface area contributed by atoms with Crippen LogP contribution in [0.2, 0.25) is 0 Å². The number of aromatic nitrogens is 4. The summed E-state index contributed by atoms with van der Waals surface area (Å²) >= 11 is 3.06. The number of nitrogens with zero attached hydrogens (tertiary/aromatic N) is 7. The standard InChI is InChI=1S/C27H31N5O2S.C22H22N4OS/c1-17(2)34-24-13-12-18(16-23(24)28-3)26-30-31-27(35-26)21-10-6-9-20-19(21)8-7-11-22(20)29-25(33)14-15-32(4)5;1-13(2)27-20-10-9-14(11-15(20)12-23)21-25-26-22(28-21)18-7-3-6-17-16(18)5-4-8-19(17)24/h6,9-10,12-13,16-17,22H,7-8,11,14-15H2,1-2,4-5H3,(H,29,33);3,6-7,9-11,13,19H,4-5,8,24H2,1-2H3/t22-;19-/m11/s1. The molecule has 4 aromatic carbocycles. The van der Waals surface area contributed by atoms with Crippen LogP contribution in [0, 0.1) is 17.9 Å². The number of hydrogen-bond acceptors (Lipinski definition) is 12. The number of nitrogens with one attached hydrogen (secondary N) is 1. The molecule has 0 radical (unpaired) electrons. The molecule has 0 fully saturated rings. The van der Waals surface area contributed by atoms with E-state index in [2.05, 4.69) is 60.9 Å². The third-order valence-electron chi connectivity index (χ3n) is 10.9. The predicted octanol–water partition coefficient (Wildman–Crippen LogP) is 10.5. The molecule has 0 saturated carbocycles. The number of amides is 1. The molecule has 2 aromatic heterocycles. The van der Waals surface area contributed by atoms with Gasteiger partial charge >= 0.3 is 0 Å². The van der Waals surface area contributed by atoms with Crippen LogP contribution in [0.5, 0.6) is 11.5 Å². The van der Waals surface area contributed by atoms with Crippen molar-refractivity contribution in [1.29, 1.82) is 5.26 Å². The molecular formula is C49H53N9O3S2. The van der Waals surface area contributed by atoms with E-state index < -0.39 is 0 Å². The van der Waals surface area contributed by atoms with Gasteiger partial charge in [-0.15, -0.1) is 20.4 Å². The SMILES string of the molecule is CC(C)Oc1ccc(-c2nnc(-c3cccc4c3CCC[C@H]4N)s2)cc1C#N.[C-]#[N+]c1cc(-c2nnc(-c3cccc4c3CCC[C@H]4NC(=O)CCN(C)C)s2)ccc1OC(C)C. The Morgan fingerprint density at radius 2 is 1.38 bits per heavy atom. The lowest BCUT2D eigenvalue weighted by Crippen LogP contribution is -2.33. The van der Waals surface area contributed by atoms with Gasteiger partial charge < -0.3 is 25.4 Å². The first-order valence-electron chi connectivity index (χ1n) is 21.4. The van der Waals surface area contributed by atoms with E-state index in [0.717, 1.165) is 87.4 Å². The zero-order valence-corrected chi connectivity index (χ0v) is 38.3. The van der Waals surface area contributed by atoms with Crippen molar-refractivity contribution < 1.29 is 14.3 Å². The van der Waals surface area contributed by atoms with Crippen LogP contribution in [0.4, 0.5) is 5.69 Å². The molecule has 8 rings (SSSR count). The van der Waals surface area contributed by atoms with Crippen LogP contribution in [-0.2, 0) is 17.6 Å². The van der Waals surface area contributed by atoms with Crippen molar-refractivity contribution in [2.75, 3.05) is 20.6 Å². The summed E-state index contributed by atoms with van der Waals surface area (Å²) in [7, 11) is 3.95. The maximum atomic E-state index is 12.5. The molecule has 2 aliphatic carbocycles. The largest absolute Gasteiger partial charge is 0.502 e. The van der Waals surface area contributed by atoms with Gasteiger partial charge in [0, 0.05) is 41.3 Å². The summed E-state index contributed by atoms with van der Waals surface area (Å²) in [4.78, 5) is 18.1. The molecule has 63 heavy (non-hydrogen) atoms. The summed E-state index contributed by atoms with van der Waals surface area (Å²) < 4.78 is 11.5. The van der Waals surface area contributed by atoms with Crippen molar-refractivity contribution in [3.8, 4) is 59.9 Å². The summed E-state index contributed by atoms with van der Waals surface area (Å²) in [5.41, 5.74) is 16.1. The minimum Gasteiger partial charge on any atom is -0.502 e. The predicted molar refractivity (Wildman–Crippen MR) is 251 cm³/mol. The Labute approximate surface area is 378 Å². The molecule has 2 aliphatic rings. The molecule has 0 unspecified atom stereocenters. The molecule has 2 atom stereocenters. The maximum absolute atomic E-state index is 12.5. The number of rotatable bonds is 12. The summed E-state index contributed by atoms with van der Waals surface area (Å²) in [6.45, 7) is 16.0.